The molecule has 1 fully saturated rings. The number of thiazole rings is 1. The zero-order chi connectivity index (χ0) is 21.0. The lowest BCUT2D eigenvalue weighted by atomic mass is 9.98. The molecule has 1 aliphatic heterocycles. The summed E-state index contributed by atoms with van der Waals surface area (Å²) < 4.78 is 4.02. The lowest BCUT2D eigenvalue weighted by molar-refractivity contribution is 0.257. The quantitative estimate of drug-likeness (QED) is 0.498. The molecule has 2 amide bonds. The zero-order valence-electron chi connectivity index (χ0n) is 18.2. The van der Waals surface area contributed by atoms with E-state index in [1.807, 2.05) is 14.1 Å². The number of hydrogen-bond donors (Lipinski definition) is 2. The summed E-state index contributed by atoms with van der Waals surface area (Å²) in [4.78, 5) is 21.9. The molecule has 0 spiro atoms. The highest BCUT2D eigenvalue weighted by molar-refractivity contribution is 7.97. The van der Waals surface area contributed by atoms with Gasteiger partial charge in [-0.1, -0.05) is 20.8 Å². The molecule has 1 aliphatic rings. The fourth-order valence-corrected chi connectivity index (χ4v) is 5.06. The molecule has 1 saturated heterocycles. The SMILES string of the molecule is CN(C)CCSNC(=O)Nc1cc2sc(C(C)(C)C)nc2cc1N1CCCCC1. The fraction of sp³-hybridized carbons (Fsp3) is 0.619. The van der Waals surface area contributed by atoms with Gasteiger partial charge >= 0.3 is 6.03 Å². The van der Waals surface area contributed by atoms with Crippen molar-refractivity contribution in [1.29, 1.82) is 0 Å². The van der Waals surface area contributed by atoms with Crippen molar-refractivity contribution >= 4 is 50.9 Å². The van der Waals surface area contributed by atoms with Gasteiger partial charge in [0.15, 0.2) is 0 Å². The standard InChI is InChI=1S/C21H33N5OS2/c1-21(2,3)19-22-16-13-17(26-9-7-6-8-10-26)15(14-18(16)29-19)23-20(27)24-28-12-11-25(4)5/h13-14H,6-12H2,1-5H3,(H2,23,24,27). The summed E-state index contributed by atoms with van der Waals surface area (Å²) in [5.41, 5.74) is 2.99. The van der Waals surface area contributed by atoms with Crippen LogP contribution in [0.2, 0.25) is 0 Å². The van der Waals surface area contributed by atoms with Crippen molar-refractivity contribution in [3.05, 3.63) is 17.1 Å². The van der Waals surface area contributed by atoms with Crippen molar-refractivity contribution in [3.63, 3.8) is 0 Å². The molecule has 0 saturated carbocycles. The van der Waals surface area contributed by atoms with Crippen LogP contribution in [0, 0.1) is 0 Å². The highest BCUT2D eigenvalue weighted by atomic mass is 32.2. The first kappa shape index (κ1) is 22.2. The van der Waals surface area contributed by atoms with E-state index in [9.17, 15) is 4.79 Å². The zero-order valence-corrected chi connectivity index (χ0v) is 19.8. The van der Waals surface area contributed by atoms with Crippen LogP contribution in [0.4, 0.5) is 16.2 Å². The summed E-state index contributed by atoms with van der Waals surface area (Å²) in [6.07, 6.45) is 3.65. The molecule has 0 aliphatic carbocycles. The molecule has 0 radical (unpaired) electrons. The number of nitrogens with zero attached hydrogens (tertiary/aromatic N) is 3. The number of anilines is 2. The highest BCUT2D eigenvalue weighted by Gasteiger charge is 2.22. The average molecular weight is 436 g/mol. The summed E-state index contributed by atoms with van der Waals surface area (Å²) in [7, 11) is 4.06. The van der Waals surface area contributed by atoms with E-state index in [1.165, 1.54) is 31.2 Å². The number of aromatic nitrogens is 1. The van der Waals surface area contributed by atoms with Crippen molar-refractivity contribution in [1.82, 2.24) is 14.6 Å². The van der Waals surface area contributed by atoms with Crippen LogP contribution < -0.4 is 14.9 Å². The number of piperidine rings is 1. The molecule has 2 N–H and O–H groups in total. The van der Waals surface area contributed by atoms with E-state index in [1.54, 1.807) is 11.3 Å². The van der Waals surface area contributed by atoms with Gasteiger partial charge in [-0.2, -0.15) is 0 Å². The van der Waals surface area contributed by atoms with Crippen LogP contribution in [-0.4, -0.2) is 55.4 Å². The smallest absolute Gasteiger partial charge is 0.329 e. The summed E-state index contributed by atoms with van der Waals surface area (Å²) in [6.45, 7) is 9.53. The Morgan fingerprint density at radius 3 is 2.62 bits per heavy atom. The van der Waals surface area contributed by atoms with Crippen LogP contribution in [0.15, 0.2) is 12.1 Å². The molecule has 1 aromatic heterocycles. The Morgan fingerprint density at radius 1 is 1.24 bits per heavy atom. The molecule has 6 nitrogen and oxygen atoms in total. The Hall–Kier alpha value is -1.51. The monoisotopic (exact) mass is 435 g/mol. The van der Waals surface area contributed by atoms with E-state index >= 15 is 0 Å². The fourth-order valence-electron chi connectivity index (χ4n) is 3.27. The molecule has 0 bridgehead atoms. The van der Waals surface area contributed by atoms with Crippen molar-refractivity contribution in [3.8, 4) is 0 Å². The average Bonchev–Trinajstić information content (AvgIpc) is 3.09. The second-order valence-electron chi connectivity index (χ2n) is 8.86. The Kier molecular flexibility index (Phi) is 7.29. The van der Waals surface area contributed by atoms with Gasteiger partial charge in [-0.05, 0) is 57.4 Å². The normalized spacial score (nSPS) is 15.2. The van der Waals surface area contributed by atoms with Crippen molar-refractivity contribution in [2.24, 2.45) is 0 Å². The minimum atomic E-state index is -0.174. The van der Waals surface area contributed by atoms with Gasteiger partial charge in [0, 0.05) is 30.8 Å². The molecule has 0 unspecified atom stereocenters. The number of urea groups is 1. The Bertz CT molecular complexity index is 837. The number of carbonyl (C=O) groups is 1. The van der Waals surface area contributed by atoms with E-state index in [4.69, 9.17) is 4.98 Å². The second kappa shape index (κ2) is 9.53. The number of carbonyl (C=O) groups excluding carboxylic acids is 1. The van der Waals surface area contributed by atoms with Gasteiger partial charge < -0.3 is 15.1 Å². The second-order valence-corrected chi connectivity index (χ2v) is 10.8. The summed E-state index contributed by atoms with van der Waals surface area (Å²) >= 11 is 3.15. The van der Waals surface area contributed by atoms with Gasteiger partial charge in [0.1, 0.15) is 0 Å². The third kappa shape index (κ3) is 5.99. The van der Waals surface area contributed by atoms with Crippen molar-refractivity contribution < 1.29 is 4.79 Å². The third-order valence-corrected chi connectivity index (χ3v) is 7.06. The molecular weight excluding hydrogens is 402 g/mol. The Labute approximate surface area is 182 Å². The lowest BCUT2D eigenvalue weighted by Gasteiger charge is -2.30. The first-order valence-electron chi connectivity index (χ1n) is 10.3. The largest absolute Gasteiger partial charge is 0.370 e. The summed E-state index contributed by atoms with van der Waals surface area (Å²) in [5, 5.41) is 4.21. The Balaban J connectivity index is 1.83. The highest BCUT2D eigenvalue weighted by Crippen LogP contribution is 2.38. The summed E-state index contributed by atoms with van der Waals surface area (Å²) in [5.74, 6) is 0.849. The minimum absolute atomic E-state index is 0.0169. The van der Waals surface area contributed by atoms with Gasteiger partial charge in [-0.25, -0.2) is 9.78 Å². The van der Waals surface area contributed by atoms with Crippen molar-refractivity contribution in [2.75, 3.05) is 49.7 Å². The molecule has 3 rings (SSSR count). The number of nitrogens with one attached hydrogen (secondary N) is 2. The number of hydrogen-bond acceptors (Lipinski definition) is 6. The predicted molar refractivity (Wildman–Crippen MR) is 128 cm³/mol. The first-order valence-corrected chi connectivity index (χ1v) is 12.1. The number of benzene rings is 1. The van der Waals surface area contributed by atoms with Gasteiger partial charge in [0.2, 0.25) is 0 Å². The molecule has 2 aromatic rings. The topological polar surface area (TPSA) is 60.5 Å². The van der Waals surface area contributed by atoms with Crippen LogP contribution >= 0.6 is 23.3 Å². The maximum atomic E-state index is 12.5. The minimum Gasteiger partial charge on any atom is -0.370 e. The molecule has 0 atom stereocenters. The third-order valence-electron chi connectivity index (χ3n) is 4.90. The predicted octanol–water partition coefficient (Wildman–Crippen LogP) is 4.92. The van der Waals surface area contributed by atoms with Crippen LogP contribution in [0.3, 0.4) is 0 Å². The number of fused-ring (bicyclic) bond motifs is 1. The lowest BCUT2D eigenvalue weighted by Crippen LogP contribution is -2.31. The maximum Gasteiger partial charge on any atom is 0.329 e. The van der Waals surface area contributed by atoms with E-state index in [0.29, 0.717) is 0 Å². The van der Waals surface area contributed by atoms with Gasteiger partial charge in [0.05, 0.1) is 26.6 Å². The van der Waals surface area contributed by atoms with Crippen LogP contribution in [0.5, 0.6) is 0 Å². The van der Waals surface area contributed by atoms with Crippen LogP contribution in [-0.2, 0) is 5.41 Å². The molecule has 29 heavy (non-hydrogen) atoms. The molecular formula is C21H33N5OS2. The molecule has 1 aromatic carbocycles. The maximum absolute atomic E-state index is 12.5. The van der Waals surface area contributed by atoms with Crippen LogP contribution in [0.25, 0.3) is 10.2 Å². The Morgan fingerprint density at radius 2 is 1.97 bits per heavy atom. The van der Waals surface area contributed by atoms with Gasteiger partial charge in [-0.3, -0.25) is 4.72 Å². The van der Waals surface area contributed by atoms with E-state index in [-0.39, 0.29) is 11.4 Å². The van der Waals surface area contributed by atoms with Crippen LogP contribution in [0.1, 0.15) is 45.0 Å². The first-order chi connectivity index (χ1) is 13.7. The van der Waals surface area contributed by atoms with E-state index < -0.39 is 0 Å². The van der Waals surface area contributed by atoms with E-state index in [2.05, 4.69) is 52.7 Å². The van der Waals surface area contributed by atoms with Gasteiger partial charge in [-0.15, -0.1) is 11.3 Å². The molecule has 8 heteroatoms. The van der Waals surface area contributed by atoms with Gasteiger partial charge in [0.25, 0.3) is 0 Å². The number of amides is 2. The molecule has 2 heterocycles. The van der Waals surface area contributed by atoms with Crippen molar-refractivity contribution in [2.45, 2.75) is 45.4 Å². The molecule has 160 valence electrons. The summed E-state index contributed by atoms with van der Waals surface area (Å²) in [6, 6.07) is 4.07. The van der Waals surface area contributed by atoms with E-state index in [0.717, 1.165) is 52.0 Å². The number of rotatable bonds is 6.